The molecule has 2 nitrogen and oxygen atoms in total. The summed E-state index contributed by atoms with van der Waals surface area (Å²) < 4.78 is 0. The van der Waals surface area contributed by atoms with E-state index in [2.05, 4.69) is 26.3 Å². The maximum atomic E-state index is 11.9. The molecule has 100 valence electrons. The van der Waals surface area contributed by atoms with Gasteiger partial charge in [0.2, 0.25) is 0 Å². The van der Waals surface area contributed by atoms with Gasteiger partial charge in [-0.25, -0.2) is 0 Å². The standard InChI is InChI=1S/C18H16O2/c1-13-9-5-6-11-15(3)18(20)16(4)12-8-7-10-14(2)17(13)19/h5-12H,1-4H2/b9-5-,10-7-,11-6-,12-8-. The van der Waals surface area contributed by atoms with Crippen LogP contribution in [0, 0.1) is 0 Å². The monoisotopic (exact) mass is 264 g/mol. The maximum absolute atomic E-state index is 11.9. The van der Waals surface area contributed by atoms with Crippen molar-refractivity contribution in [1.82, 2.24) is 0 Å². The minimum Gasteiger partial charge on any atom is -0.289 e. The van der Waals surface area contributed by atoms with E-state index in [4.69, 9.17) is 0 Å². The fourth-order valence-corrected chi connectivity index (χ4v) is 1.40. The van der Waals surface area contributed by atoms with Crippen LogP contribution in [0.4, 0.5) is 0 Å². The highest BCUT2D eigenvalue weighted by Crippen LogP contribution is 2.09. The van der Waals surface area contributed by atoms with E-state index in [9.17, 15) is 9.59 Å². The number of rotatable bonds is 0. The van der Waals surface area contributed by atoms with Gasteiger partial charge in [0.05, 0.1) is 0 Å². The van der Waals surface area contributed by atoms with Gasteiger partial charge in [-0.1, -0.05) is 74.9 Å². The number of carbonyl (C=O) groups is 2. The number of ketones is 2. The molecule has 0 unspecified atom stereocenters. The Kier molecular flexibility index (Phi) is 5.36. The lowest BCUT2D eigenvalue weighted by molar-refractivity contribution is -0.112. The van der Waals surface area contributed by atoms with Crippen molar-refractivity contribution in [3.8, 4) is 0 Å². The molecule has 0 aliphatic heterocycles. The molecule has 0 bridgehead atoms. The van der Waals surface area contributed by atoms with Crippen molar-refractivity contribution in [2.45, 2.75) is 0 Å². The molecule has 0 aromatic heterocycles. The molecule has 0 amide bonds. The van der Waals surface area contributed by atoms with Gasteiger partial charge in [0.15, 0.2) is 11.6 Å². The SMILES string of the molecule is C=C1/C=C\C=C/C(=C)C(=O)C(=C)/C=C\C=C/C(=C)C1=O. The summed E-state index contributed by atoms with van der Waals surface area (Å²) in [5.41, 5.74) is 1.30. The molecule has 0 atom stereocenters. The molecule has 1 aliphatic carbocycles. The van der Waals surface area contributed by atoms with Gasteiger partial charge in [-0.05, 0) is 0 Å². The van der Waals surface area contributed by atoms with Crippen molar-refractivity contribution in [2.75, 3.05) is 0 Å². The van der Waals surface area contributed by atoms with Crippen LogP contribution in [0.3, 0.4) is 0 Å². The Morgan fingerprint density at radius 2 is 0.700 bits per heavy atom. The van der Waals surface area contributed by atoms with Crippen molar-refractivity contribution in [3.05, 3.63) is 97.2 Å². The van der Waals surface area contributed by atoms with Gasteiger partial charge in [0.1, 0.15) is 0 Å². The first-order valence-corrected chi connectivity index (χ1v) is 5.98. The fourth-order valence-electron chi connectivity index (χ4n) is 1.40. The zero-order valence-corrected chi connectivity index (χ0v) is 11.3. The van der Waals surface area contributed by atoms with Crippen molar-refractivity contribution in [3.63, 3.8) is 0 Å². The average molecular weight is 264 g/mol. The third-order valence-electron chi connectivity index (χ3n) is 2.58. The molecule has 1 rings (SSSR count). The highest BCUT2D eigenvalue weighted by Gasteiger charge is 2.07. The van der Waals surface area contributed by atoms with E-state index < -0.39 is 0 Å². The molecule has 0 radical (unpaired) electrons. The first-order valence-electron chi connectivity index (χ1n) is 5.98. The molecule has 20 heavy (non-hydrogen) atoms. The topological polar surface area (TPSA) is 34.1 Å². The van der Waals surface area contributed by atoms with E-state index in [1.807, 2.05) is 0 Å². The lowest BCUT2D eigenvalue weighted by Gasteiger charge is -2.00. The third kappa shape index (κ3) is 4.18. The molecule has 0 saturated heterocycles. The van der Waals surface area contributed by atoms with Crippen LogP contribution >= 0.6 is 0 Å². The summed E-state index contributed by atoms with van der Waals surface area (Å²) in [6.45, 7) is 14.7. The zero-order valence-electron chi connectivity index (χ0n) is 11.3. The summed E-state index contributed by atoms with van der Waals surface area (Å²) in [6.07, 6.45) is 12.7. The Bertz CT molecular complexity index is 512. The third-order valence-corrected chi connectivity index (χ3v) is 2.58. The summed E-state index contributed by atoms with van der Waals surface area (Å²) in [4.78, 5) is 23.7. The first-order chi connectivity index (χ1) is 9.43. The van der Waals surface area contributed by atoms with Gasteiger partial charge in [-0.3, -0.25) is 9.59 Å². The van der Waals surface area contributed by atoms with Gasteiger partial charge in [-0.2, -0.15) is 0 Å². The number of carbonyl (C=O) groups excluding carboxylic acids is 2. The Hall–Kier alpha value is -2.74. The van der Waals surface area contributed by atoms with Crippen LogP contribution in [0.5, 0.6) is 0 Å². The summed E-state index contributed by atoms with van der Waals surface area (Å²) in [6, 6.07) is 0. The number of Topliss-reactive ketones (excluding diaryl/α,β-unsaturated/α-hetero) is 2. The molecule has 0 N–H and O–H groups in total. The van der Waals surface area contributed by atoms with Crippen LogP contribution in [0.15, 0.2) is 97.2 Å². The van der Waals surface area contributed by atoms with E-state index in [1.165, 1.54) is 0 Å². The highest BCUT2D eigenvalue weighted by molar-refractivity contribution is 6.12. The van der Waals surface area contributed by atoms with Crippen LogP contribution in [0.25, 0.3) is 0 Å². The minimum absolute atomic E-state index is 0.231. The van der Waals surface area contributed by atoms with E-state index in [1.54, 1.807) is 48.6 Å². The van der Waals surface area contributed by atoms with Crippen LogP contribution in [0.2, 0.25) is 0 Å². The molecule has 1 aliphatic rings. The molecular weight excluding hydrogens is 248 g/mol. The predicted octanol–water partition coefficient (Wildman–Crippen LogP) is 3.59. The predicted molar refractivity (Wildman–Crippen MR) is 83.1 cm³/mol. The van der Waals surface area contributed by atoms with Crippen molar-refractivity contribution in [1.29, 1.82) is 0 Å². The molecule has 0 aromatic rings. The normalized spacial score (nSPS) is 24.2. The average Bonchev–Trinajstić information content (AvgIpc) is 2.44. The molecule has 0 saturated carbocycles. The second-order valence-corrected chi connectivity index (χ2v) is 4.20. The number of hydrogen-bond acceptors (Lipinski definition) is 2. The molecule has 2 heteroatoms. The molecular formula is C18H16O2. The number of allylic oxidation sites excluding steroid dienone is 12. The van der Waals surface area contributed by atoms with Gasteiger partial charge < -0.3 is 0 Å². The first kappa shape index (κ1) is 15.3. The van der Waals surface area contributed by atoms with Gasteiger partial charge >= 0.3 is 0 Å². The van der Waals surface area contributed by atoms with Crippen molar-refractivity contribution >= 4 is 11.6 Å². The summed E-state index contributed by atoms with van der Waals surface area (Å²) in [7, 11) is 0. The second-order valence-electron chi connectivity index (χ2n) is 4.20. The lowest BCUT2D eigenvalue weighted by Crippen LogP contribution is -2.01. The van der Waals surface area contributed by atoms with E-state index in [-0.39, 0.29) is 11.6 Å². The molecule has 0 fully saturated rings. The molecule has 0 spiro atoms. The quantitative estimate of drug-likeness (QED) is 0.627. The summed E-state index contributed by atoms with van der Waals surface area (Å²) in [5, 5.41) is 0. The molecule has 0 aromatic carbocycles. The van der Waals surface area contributed by atoms with Crippen LogP contribution in [-0.2, 0) is 9.59 Å². The van der Waals surface area contributed by atoms with E-state index in [0.29, 0.717) is 22.3 Å². The lowest BCUT2D eigenvalue weighted by atomic mass is 10.0. The Labute approximate surface area is 119 Å². The Morgan fingerprint density at radius 1 is 0.500 bits per heavy atom. The Morgan fingerprint density at radius 3 is 0.900 bits per heavy atom. The zero-order chi connectivity index (χ0) is 15.1. The number of hydrogen-bond donors (Lipinski definition) is 0. The van der Waals surface area contributed by atoms with E-state index in [0.717, 1.165) is 0 Å². The minimum atomic E-state index is -0.231. The maximum Gasteiger partial charge on any atom is 0.191 e. The van der Waals surface area contributed by atoms with Crippen molar-refractivity contribution in [2.24, 2.45) is 0 Å². The van der Waals surface area contributed by atoms with Crippen molar-refractivity contribution < 1.29 is 9.59 Å². The van der Waals surface area contributed by atoms with Gasteiger partial charge in [0.25, 0.3) is 0 Å². The summed E-state index contributed by atoms with van der Waals surface area (Å²) in [5.74, 6) is -0.463. The highest BCUT2D eigenvalue weighted by atomic mass is 16.1. The smallest absolute Gasteiger partial charge is 0.191 e. The van der Waals surface area contributed by atoms with Crippen LogP contribution in [-0.4, -0.2) is 11.6 Å². The van der Waals surface area contributed by atoms with E-state index >= 15 is 0 Å². The van der Waals surface area contributed by atoms with Crippen LogP contribution in [0.1, 0.15) is 0 Å². The van der Waals surface area contributed by atoms with Gasteiger partial charge in [0, 0.05) is 22.3 Å². The second kappa shape index (κ2) is 7.00. The Balaban J connectivity index is 3.11. The van der Waals surface area contributed by atoms with Crippen LogP contribution < -0.4 is 0 Å². The summed E-state index contributed by atoms with van der Waals surface area (Å²) >= 11 is 0. The molecule has 0 heterocycles. The fraction of sp³-hybridized carbons (Fsp3) is 0. The largest absolute Gasteiger partial charge is 0.289 e. The van der Waals surface area contributed by atoms with Gasteiger partial charge in [-0.15, -0.1) is 0 Å².